The predicted molar refractivity (Wildman–Crippen MR) is 61.0 cm³/mol. The van der Waals surface area contributed by atoms with Crippen molar-refractivity contribution in [3.05, 3.63) is 28.8 Å². The molecule has 0 heterocycles. The Bertz CT molecular complexity index is 363. The van der Waals surface area contributed by atoms with Crippen molar-refractivity contribution in [3.8, 4) is 5.75 Å². The van der Waals surface area contributed by atoms with Crippen molar-refractivity contribution in [3.63, 3.8) is 0 Å². The Balaban J connectivity index is 2.44. The largest absolute Gasteiger partial charge is 0.496 e. The van der Waals surface area contributed by atoms with Crippen molar-refractivity contribution in [1.29, 1.82) is 0 Å². The summed E-state index contributed by atoms with van der Waals surface area (Å²) in [5.74, 6) is 0.883. The Morgan fingerprint density at radius 2 is 2.00 bits per heavy atom. The van der Waals surface area contributed by atoms with E-state index in [1.54, 1.807) is 7.11 Å². The molecule has 3 heteroatoms. The van der Waals surface area contributed by atoms with Crippen molar-refractivity contribution < 1.29 is 4.74 Å². The van der Waals surface area contributed by atoms with Crippen LogP contribution < -0.4 is 16.2 Å². The molecule has 0 fully saturated rings. The number of aryl methyl sites for hydroxylation is 2. The summed E-state index contributed by atoms with van der Waals surface area (Å²) < 4.78 is 5.36. The van der Waals surface area contributed by atoms with E-state index in [1.807, 2.05) is 0 Å². The number of methoxy groups -OCH3 is 1. The van der Waals surface area contributed by atoms with Crippen molar-refractivity contribution in [2.75, 3.05) is 13.7 Å². The average molecular weight is 206 g/mol. The van der Waals surface area contributed by atoms with Crippen molar-refractivity contribution >= 4 is 0 Å². The minimum atomic E-state index is -0.120. The van der Waals surface area contributed by atoms with Gasteiger partial charge >= 0.3 is 0 Å². The highest BCUT2D eigenvalue weighted by molar-refractivity contribution is 5.46. The lowest BCUT2D eigenvalue weighted by Crippen LogP contribution is -2.21. The molecule has 0 bridgehead atoms. The van der Waals surface area contributed by atoms with Crippen molar-refractivity contribution in [2.24, 2.45) is 11.5 Å². The molecule has 0 unspecified atom stereocenters. The highest BCUT2D eigenvalue weighted by Gasteiger charge is 2.17. The molecule has 3 nitrogen and oxygen atoms in total. The Kier molecular flexibility index (Phi) is 2.93. The van der Waals surface area contributed by atoms with Gasteiger partial charge in [-0.15, -0.1) is 0 Å². The second kappa shape index (κ2) is 4.21. The van der Waals surface area contributed by atoms with Gasteiger partial charge in [-0.3, -0.25) is 0 Å². The zero-order chi connectivity index (χ0) is 10.8. The smallest absolute Gasteiger partial charge is 0.123 e. The molecule has 82 valence electrons. The minimum absolute atomic E-state index is 0.120. The maximum Gasteiger partial charge on any atom is 0.123 e. The first-order valence-electron chi connectivity index (χ1n) is 5.41. The summed E-state index contributed by atoms with van der Waals surface area (Å²) in [5, 5.41) is 0. The third-order valence-electron chi connectivity index (χ3n) is 3.10. The van der Waals surface area contributed by atoms with E-state index in [0.717, 1.165) is 24.2 Å². The van der Waals surface area contributed by atoms with E-state index in [0.29, 0.717) is 6.54 Å². The number of ether oxygens (including phenoxy) is 1. The van der Waals surface area contributed by atoms with E-state index in [9.17, 15) is 0 Å². The van der Waals surface area contributed by atoms with Gasteiger partial charge in [0.2, 0.25) is 0 Å². The molecule has 0 saturated heterocycles. The summed E-state index contributed by atoms with van der Waals surface area (Å²) in [6.45, 7) is 0.454. The second-order valence-corrected chi connectivity index (χ2v) is 4.06. The minimum Gasteiger partial charge on any atom is -0.496 e. The Hall–Kier alpha value is -1.06. The normalized spacial score (nSPS) is 16.2. The highest BCUT2D eigenvalue weighted by atomic mass is 16.5. The van der Waals surface area contributed by atoms with Gasteiger partial charge in [0.15, 0.2) is 0 Å². The van der Waals surface area contributed by atoms with Crippen LogP contribution in [0, 0.1) is 0 Å². The fourth-order valence-electron chi connectivity index (χ4n) is 2.21. The quantitative estimate of drug-likeness (QED) is 0.779. The van der Waals surface area contributed by atoms with E-state index < -0.39 is 0 Å². The number of hydrogen-bond acceptors (Lipinski definition) is 3. The van der Waals surface area contributed by atoms with Gasteiger partial charge in [0.05, 0.1) is 7.11 Å². The summed E-state index contributed by atoms with van der Waals surface area (Å²) in [7, 11) is 1.68. The van der Waals surface area contributed by atoms with E-state index in [4.69, 9.17) is 16.2 Å². The zero-order valence-corrected chi connectivity index (χ0v) is 9.12. The lowest BCUT2D eigenvalue weighted by atomic mass is 10.0. The summed E-state index contributed by atoms with van der Waals surface area (Å²) in [6, 6.07) is 4.16. The molecule has 0 aromatic heterocycles. The Morgan fingerprint density at radius 1 is 1.33 bits per heavy atom. The van der Waals surface area contributed by atoms with Crippen LogP contribution in [0.15, 0.2) is 12.1 Å². The molecule has 0 radical (unpaired) electrons. The molecule has 1 aliphatic rings. The molecule has 1 aromatic carbocycles. The van der Waals surface area contributed by atoms with E-state index >= 15 is 0 Å². The van der Waals surface area contributed by atoms with Crippen molar-refractivity contribution in [2.45, 2.75) is 25.3 Å². The molecule has 15 heavy (non-hydrogen) atoms. The molecule has 4 N–H and O–H groups in total. The average Bonchev–Trinajstić information content (AvgIpc) is 2.73. The number of rotatable bonds is 3. The fourth-order valence-corrected chi connectivity index (χ4v) is 2.21. The summed E-state index contributed by atoms with van der Waals surface area (Å²) in [4.78, 5) is 0. The van der Waals surface area contributed by atoms with Crippen LogP contribution >= 0.6 is 0 Å². The molecule has 0 aliphatic heterocycles. The lowest BCUT2D eigenvalue weighted by molar-refractivity contribution is 0.405. The summed E-state index contributed by atoms with van der Waals surface area (Å²) in [6.07, 6.45) is 3.55. The molecule has 2 rings (SSSR count). The molecule has 1 aromatic rings. The topological polar surface area (TPSA) is 61.3 Å². The summed E-state index contributed by atoms with van der Waals surface area (Å²) >= 11 is 0. The molecule has 1 atom stereocenters. The maximum atomic E-state index is 5.96. The van der Waals surface area contributed by atoms with Gasteiger partial charge in [0.1, 0.15) is 5.75 Å². The van der Waals surface area contributed by atoms with Crippen LogP contribution in [0.3, 0.4) is 0 Å². The Labute approximate surface area is 90.4 Å². The molecular weight excluding hydrogens is 188 g/mol. The SMILES string of the molecule is COc1cc2c(cc1[C@@H](N)CN)CCC2. The first kappa shape index (κ1) is 10.5. The second-order valence-electron chi connectivity index (χ2n) is 4.06. The van der Waals surface area contributed by atoms with Gasteiger partial charge in [-0.2, -0.15) is 0 Å². The van der Waals surface area contributed by atoms with E-state index in [-0.39, 0.29) is 6.04 Å². The number of fused-ring (bicyclic) bond motifs is 1. The highest BCUT2D eigenvalue weighted by Crippen LogP contribution is 2.32. The van der Waals surface area contributed by atoms with Crippen molar-refractivity contribution in [1.82, 2.24) is 0 Å². The maximum absolute atomic E-state index is 5.96. The predicted octanol–water partition coefficient (Wildman–Crippen LogP) is 1.14. The molecular formula is C12H18N2O. The molecule has 0 spiro atoms. The third kappa shape index (κ3) is 1.85. The number of hydrogen-bond donors (Lipinski definition) is 2. The third-order valence-corrected chi connectivity index (χ3v) is 3.10. The van der Waals surface area contributed by atoms with E-state index in [1.165, 1.54) is 17.5 Å². The van der Waals surface area contributed by atoms with Crippen LogP contribution in [0.4, 0.5) is 0 Å². The number of nitrogens with two attached hydrogens (primary N) is 2. The summed E-state index contributed by atoms with van der Waals surface area (Å²) in [5.41, 5.74) is 15.4. The number of benzene rings is 1. The van der Waals surface area contributed by atoms with Crippen LogP contribution in [0.1, 0.15) is 29.2 Å². The van der Waals surface area contributed by atoms with E-state index in [2.05, 4.69) is 12.1 Å². The van der Waals surface area contributed by atoms with Gasteiger partial charge in [0, 0.05) is 18.2 Å². The van der Waals surface area contributed by atoms with Crippen LogP contribution in [0.5, 0.6) is 5.75 Å². The van der Waals surface area contributed by atoms with Gasteiger partial charge in [0.25, 0.3) is 0 Å². The molecule has 0 amide bonds. The van der Waals surface area contributed by atoms with Crippen LogP contribution in [-0.2, 0) is 12.8 Å². The Morgan fingerprint density at radius 3 is 2.60 bits per heavy atom. The molecule has 1 aliphatic carbocycles. The first-order valence-corrected chi connectivity index (χ1v) is 5.41. The standard InChI is InChI=1S/C12H18N2O/c1-15-12-6-9-4-2-3-8(9)5-10(12)11(14)7-13/h5-6,11H,2-4,7,13-14H2,1H3/t11-/m0/s1. The zero-order valence-electron chi connectivity index (χ0n) is 9.12. The van der Waals surface area contributed by atoms with Crippen LogP contribution in [-0.4, -0.2) is 13.7 Å². The first-order chi connectivity index (χ1) is 7.26. The van der Waals surface area contributed by atoms with Gasteiger partial charge in [-0.25, -0.2) is 0 Å². The van der Waals surface area contributed by atoms with Crippen LogP contribution in [0.2, 0.25) is 0 Å². The fraction of sp³-hybridized carbons (Fsp3) is 0.500. The molecule has 0 saturated carbocycles. The monoisotopic (exact) mass is 206 g/mol. The van der Waals surface area contributed by atoms with Gasteiger partial charge in [-0.1, -0.05) is 6.07 Å². The van der Waals surface area contributed by atoms with Gasteiger partial charge < -0.3 is 16.2 Å². The van der Waals surface area contributed by atoms with Gasteiger partial charge in [-0.05, 0) is 36.5 Å². The lowest BCUT2D eigenvalue weighted by Gasteiger charge is -2.16. The van der Waals surface area contributed by atoms with Crippen LogP contribution in [0.25, 0.3) is 0 Å².